The van der Waals surface area contributed by atoms with Crippen molar-refractivity contribution in [1.29, 1.82) is 0 Å². The molecule has 27 heavy (non-hydrogen) atoms. The zero-order valence-corrected chi connectivity index (χ0v) is 15.0. The highest BCUT2D eigenvalue weighted by Gasteiger charge is 2.17. The van der Waals surface area contributed by atoms with Crippen LogP contribution in [-0.4, -0.2) is 25.2 Å². The summed E-state index contributed by atoms with van der Waals surface area (Å²) < 4.78 is 11.1. The van der Waals surface area contributed by atoms with Gasteiger partial charge in [0.05, 0.1) is 12.2 Å². The average molecular weight is 367 g/mol. The van der Waals surface area contributed by atoms with Gasteiger partial charge in [0, 0.05) is 17.8 Å². The molecule has 0 spiro atoms. The number of primary amides is 1. The second-order valence-corrected chi connectivity index (χ2v) is 5.96. The summed E-state index contributed by atoms with van der Waals surface area (Å²) in [6, 6.07) is 12.0. The van der Waals surface area contributed by atoms with E-state index in [-0.39, 0.29) is 12.5 Å². The molecule has 0 unspecified atom stereocenters. The standard InChI is InChI=1S/C20H21N3O4/c1-2-26-17-7-8-18-14(10-17)9-15(12-27-18)19(24)22-11-13-3-5-16(6-4-13)23-20(21)25/h3-10H,2,11-12H2,1H3,(H,22,24)(H3,21,23,25). The van der Waals surface area contributed by atoms with Gasteiger partial charge in [-0.05, 0) is 48.9 Å². The van der Waals surface area contributed by atoms with E-state index in [9.17, 15) is 9.59 Å². The van der Waals surface area contributed by atoms with E-state index in [0.717, 1.165) is 22.6 Å². The van der Waals surface area contributed by atoms with Gasteiger partial charge in [-0.2, -0.15) is 0 Å². The minimum absolute atomic E-state index is 0.193. The van der Waals surface area contributed by atoms with E-state index in [2.05, 4.69) is 10.6 Å². The number of carbonyl (C=O) groups is 2. The molecule has 1 aliphatic rings. The summed E-state index contributed by atoms with van der Waals surface area (Å²) in [5.74, 6) is 1.27. The van der Waals surface area contributed by atoms with Crippen molar-refractivity contribution in [1.82, 2.24) is 5.32 Å². The first-order valence-electron chi connectivity index (χ1n) is 8.59. The van der Waals surface area contributed by atoms with Gasteiger partial charge in [0.15, 0.2) is 0 Å². The molecule has 3 amide bonds. The molecule has 140 valence electrons. The number of hydrogen-bond donors (Lipinski definition) is 3. The number of hydrogen-bond acceptors (Lipinski definition) is 4. The minimum Gasteiger partial charge on any atom is -0.494 e. The highest BCUT2D eigenvalue weighted by molar-refractivity contribution is 5.99. The largest absolute Gasteiger partial charge is 0.494 e. The second kappa shape index (κ2) is 8.27. The lowest BCUT2D eigenvalue weighted by Crippen LogP contribution is -2.28. The van der Waals surface area contributed by atoms with Crippen LogP contribution in [0, 0.1) is 0 Å². The molecule has 1 aliphatic heterocycles. The zero-order chi connectivity index (χ0) is 19.2. The number of benzene rings is 2. The maximum Gasteiger partial charge on any atom is 0.316 e. The summed E-state index contributed by atoms with van der Waals surface area (Å²) >= 11 is 0. The Labute approximate surface area is 157 Å². The molecule has 7 heteroatoms. The molecule has 0 saturated heterocycles. The van der Waals surface area contributed by atoms with E-state index in [1.165, 1.54) is 0 Å². The molecular formula is C20H21N3O4. The number of rotatable bonds is 6. The molecule has 0 radical (unpaired) electrons. The van der Waals surface area contributed by atoms with E-state index in [1.807, 2.05) is 31.2 Å². The van der Waals surface area contributed by atoms with Crippen LogP contribution in [0.4, 0.5) is 10.5 Å². The number of urea groups is 1. The van der Waals surface area contributed by atoms with Gasteiger partial charge in [-0.1, -0.05) is 12.1 Å². The zero-order valence-electron chi connectivity index (χ0n) is 15.0. The number of fused-ring (bicyclic) bond motifs is 1. The van der Waals surface area contributed by atoms with Crippen LogP contribution in [-0.2, 0) is 11.3 Å². The first-order chi connectivity index (χ1) is 13.0. The van der Waals surface area contributed by atoms with Gasteiger partial charge in [0.1, 0.15) is 18.1 Å². The van der Waals surface area contributed by atoms with Crippen molar-refractivity contribution in [2.45, 2.75) is 13.5 Å². The predicted octanol–water partition coefficient (Wildman–Crippen LogP) is 2.67. The van der Waals surface area contributed by atoms with Crippen molar-refractivity contribution in [2.24, 2.45) is 5.73 Å². The topological polar surface area (TPSA) is 103 Å². The van der Waals surface area contributed by atoms with Crippen LogP contribution in [0.25, 0.3) is 6.08 Å². The third kappa shape index (κ3) is 4.78. The Hall–Kier alpha value is -3.48. The molecule has 2 aromatic rings. The third-order valence-corrected chi connectivity index (χ3v) is 3.97. The molecule has 1 heterocycles. The number of anilines is 1. The molecule has 0 aromatic heterocycles. The van der Waals surface area contributed by atoms with Gasteiger partial charge in [-0.3, -0.25) is 4.79 Å². The van der Waals surface area contributed by atoms with Gasteiger partial charge in [0.25, 0.3) is 5.91 Å². The van der Waals surface area contributed by atoms with E-state index >= 15 is 0 Å². The summed E-state index contributed by atoms with van der Waals surface area (Å²) in [4.78, 5) is 23.3. The van der Waals surface area contributed by atoms with Crippen molar-refractivity contribution in [2.75, 3.05) is 18.5 Å². The van der Waals surface area contributed by atoms with E-state index in [1.54, 1.807) is 24.3 Å². The normalized spacial score (nSPS) is 12.3. The number of nitrogens with one attached hydrogen (secondary N) is 2. The number of amides is 3. The van der Waals surface area contributed by atoms with E-state index in [0.29, 0.717) is 24.4 Å². The van der Waals surface area contributed by atoms with Gasteiger partial charge in [0.2, 0.25) is 0 Å². The fourth-order valence-corrected chi connectivity index (χ4v) is 2.69. The Balaban J connectivity index is 1.62. The van der Waals surface area contributed by atoms with Crippen LogP contribution in [0.2, 0.25) is 0 Å². The highest BCUT2D eigenvalue weighted by Crippen LogP contribution is 2.30. The Morgan fingerprint density at radius 1 is 1.19 bits per heavy atom. The van der Waals surface area contributed by atoms with Crippen LogP contribution >= 0.6 is 0 Å². The summed E-state index contributed by atoms with van der Waals surface area (Å²) in [7, 11) is 0. The Morgan fingerprint density at radius 3 is 2.67 bits per heavy atom. The SMILES string of the molecule is CCOc1ccc2c(c1)C=C(C(=O)NCc1ccc(NC(N)=O)cc1)CO2. The van der Waals surface area contributed by atoms with Crippen molar-refractivity contribution in [3.8, 4) is 11.5 Å². The highest BCUT2D eigenvalue weighted by atomic mass is 16.5. The maximum atomic E-state index is 12.4. The number of ether oxygens (including phenoxy) is 2. The molecule has 0 fully saturated rings. The van der Waals surface area contributed by atoms with Crippen molar-refractivity contribution >= 4 is 23.7 Å². The lowest BCUT2D eigenvalue weighted by molar-refractivity contribution is -0.117. The monoisotopic (exact) mass is 367 g/mol. The molecule has 7 nitrogen and oxygen atoms in total. The molecule has 3 rings (SSSR count). The van der Waals surface area contributed by atoms with Crippen LogP contribution in [0.1, 0.15) is 18.1 Å². The van der Waals surface area contributed by atoms with Crippen molar-refractivity contribution in [3.63, 3.8) is 0 Å². The van der Waals surface area contributed by atoms with Gasteiger partial charge in [-0.25, -0.2) is 4.79 Å². The Kier molecular flexibility index (Phi) is 5.61. The van der Waals surface area contributed by atoms with Gasteiger partial charge >= 0.3 is 6.03 Å². The molecule has 0 aliphatic carbocycles. The van der Waals surface area contributed by atoms with Gasteiger partial charge < -0.3 is 25.8 Å². The second-order valence-electron chi connectivity index (χ2n) is 5.96. The van der Waals surface area contributed by atoms with Gasteiger partial charge in [-0.15, -0.1) is 0 Å². The van der Waals surface area contributed by atoms with Crippen LogP contribution in [0.5, 0.6) is 11.5 Å². The third-order valence-electron chi connectivity index (χ3n) is 3.97. The van der Waals surface area contributed by atoms with Crippen LogP contribution in [0.15, 0.2) is 48.0 Å². The summed E-state index contributed by atoms with van der Waals surface area (Å²) in [5.41, 5.74) is 7.93. The van der Waals surface area contributed by atoms with Crippen molar-refractivity contribution in [3.05, 3.63) is 59.2 Å². The molecule has 0 saturated carbocycles. The summed E-state index contributed by atoms with van der Waals surface area (Å²) in [5, 5.41) is 5.36. The molecule has 0 bridgehead atoms. The van der Waals surface area contributed by atoms with Crippen molar-refractivity contribution < 1.29 is 19.1 Å². The molecule has 4 N–H and O–H groups in total. The average Bonchev–Trinajstić information content (AvgIpc) is 2.66. The number of carbonyl (C=O) groups excluding carboxylic acids is 2. The first kappa shape index (κ1) is 18.3. The smallest absolute Gasteiger partial charge is 0.316 e. The first-order valence-corrected chi connectivity index (χ1v) is 8.59. The molecular weight excluding hydrogens is 346 g/mol. The summed E-state index contributed by atoms with van der Waals surface area (Å²) in [6.45, 7) is 3.07. The Morgan fingerprint density at radius 2 is 1.96 bits per heavy atom. The lowest BCUT2D eigenvalue weighted by Gasteiger charge is -2.18. The van der Waals surface area contributed by atoms with E-state index < -0.39 is 6.03 Å². The molecule has 0 atom stereocenters. The minimum atomic E-state index is -0.618. The van der Waals surface area contributed by atoms with Crippen LogP contribution in [0.3, 0.4) is 0 Å². The summed E-state index contributed by atoms with van der Waals surface area (Å²) in [6.07, 6.45) is 1.82. The van der Waals surface area contributed by atoms with Crippen LogP contribution < -0.4 is 25.8 Å². The lowest BCUT2D eigenvalue weighted by atomic mass is 10.1. The number of nitrogens with two attached hydrogens (primary N) is 1. The predicted molar refractivity (Wildman–Crippen MR) is 103 cm³/mol. The maximum absolute atomic E-state index is 12.4. The fourth-order valence-electron chi connectivity index (χ4n) is 2.69. The quantitative estimate of drug-likeness (QED) is 0.730. The Bertz CT molecular complexity index is 875. The molecule has 2 aromatic carbocycles. The fraction of sp³-hybridized carbons (Fsp3) is 0.200. The van der Waals surface area contributed by atoms with E-state index in [4.69, 9.17) is 15.2 Å².